The minimum absolute atomic E-state index is 0.00968. The van der Waals surface area contributed by atoms with E-state index in [2.05, 4.69) is 20.6 Å². The van der Waals surface area contributed by atoms with Crippen molar-refractivity contribution < 1.29 is 42.1 Å². The standard InChI is InChI=1S/C28H27F4N5O5S/c1-2-42-24-17(13-22(33)39)12-21(37-23(24)15-3-6-18(29)7-4-15)27(41,28(30,31)32)14-35-25(40)16-5-8-19-20(11-16)43-26(36-19)34-9-10-38/h3-8,11-12,38,41H,2,9-10,13-14H2,1H3,(H2,33,39)(H,34,36)(H,35,40)/t27-/m0/s1. The number of benzene rings is 2. The number of aromatic nitrogens is 2. The van der Waals surface area contributed by atoms with Crippen molar-refractivity contribution in [3.63, 3.8) is 0 Å². The maximum atomic E-state index is 14.5. The summed E-state index contributed by atoms with van der Waals surface area (Å²) in [5.74, 6) is -2.47. The highest BCUT2D eigenvalue weighted by Gasteiger charge is 2.56. The highest BCUT2D eigenvalue weighted by Crippen LogP contribution is 2.42. The van der Waals surface area contributed by atoms with Gasteiger partial charge in [0, 0.05) is 23.2 Å². The van der Waals surface area contributed by atoms with Crippen LogP contribution in [0.3, 0.4) is 0 Å². The maximum Gasteiger partial charge on any atom is 0.424 e. The number of fused-ring (bicyclic) bond motifs is 1. The van der Waals surface area contributed by atoms with Crippen molar-refractivity contribution in [2.75, 3.05) is 31.6 Å². The average Bonchev–Trinajstić information content (AvgIpc) is 3.37. The van der Waals surface area contributed by atoms with E-state index < -0.39 is 48.1 Å². The molecule has 2 heterocycles. The molecule has 2 aromatic carbocycles. The number of carbonyl (C=O) groups is 2. The van der Waals surface area contributed by atoms with Crippen LogP contribution < -0.4 is 21.1 Å². The van der Waals surface area contributed by atoms with Crippen molar-refractivity contribution >= 4 is 38.5 Å². The Hall–Kier alpha value is -4.34. The second-order valence-electron chi connectivity index (χ2n) is 9.32. The summed E-state index contributed by atoms with van der Waals surface area (Å²) in [6.45, 7) is 0.452. The van der Waals surface area contributed by atoms with Crippen LogP contribution in [0.5, 0.6) is 5.75 Å². The summed E-state index contributed by atoms with van der Waals surface area (Å²) in [7, 11) is 0. The Kier molecular flexibility index (Phi) is 9.47. The van der Waals surface area contributed by atoms with E-state index in [0.717, 1.165) is 18.2 Å². The molecule has 0 bridgehead atoms. The third-order valence-corrected chi connectivity index (χ3v) is 7.23. The number of nitrogens with two attached hydrogens (primary N) is 1. The summed E-state index contributed by atoms with van der Waals surface area (Å²) < 4.78 is 63.4. The zero-order valence-corrected chi connectivity index (χ0v) is 23.5. The van der Waals surface area contributed by atoms with Gasteiger partial charge in [0.25, 0.3) is 5.91 Å². The van der Waals surface area contributed by atoms with E-state index in [9.17, 15) is 32.3 Å². The number of halogens is 4. The predicted molar refractivity (Wildman–Crippen MR) is 151 cm³/mol. The van der Waals surface area contributed by atoms with Crippen LogP contribution >= 0.6 is 11.3 Å². The molecule has 0 radical (unpaired) electrons. The second-order valence-corrected chi connectivity index (χ2v) is 10.4. The minimum atomic E-state index is -5.35. The highest BCUT2D eigenvalue weighted by molar-refractivity contribution is 7.22. The van der Waals surface area contributed by atoms with E-state index in [-0.39, 0.29) is 47.9 Å². The Morgan fingerprint density at radius 2 is 1.81 bits per heavy atom. The van der Waals surface area contributed by atoms with E-state index >= 15 is 0 Å². The highest BCUT2D eigenvalue weighted by atomic mass is 32.1. The molecule has 2 amide bonds. The summed E-state index contributed by atoms with van der Waals surface area (Å²) in [4.78, 5) is 33.1. The van der Waals surface area contributed by atoms with Crippen molar-refractivity contribution in [1.82, 2.24) is 15.3 Å². The number of hydrogen-bond donors (Lipinski definition) is 5. The molecule has 4 rings (SSSR count). The third-order valence-electron chi connectivity index (χ3n) is 6.26. The number of thiazole rings is 1. The Balaban J connectivity index is 1.73. The van der Waals surface area contributed by atoms with Gasteiger partial charge in [0.15, 0.2) is 5.13 Å². The van der Waals surface area contributed by atoms with Gasteiger partial charge in [0.1, 0.15) is 17.3 Å². The maximum absolute atomic E-state index is 14.5. The van der Waals surface area contributed by atoms with E-state index in [1.807, 2.05) is 0 Å². The largest absolute Gasteiger partial charge is 0.491 e. The summed E-state index contributed by atoms with van der Waals surface area (Å²) in [6, 6.07) is 9.81. The van der Waals surface area contributed by atoms with E-state index in [0.29, 0.717) is 15.3 Å². The molecule has 43 heavy (non-hydrogen) atoms. The van der Waals surface area contributed by atoms with Gasteiger partial charge in [0.2, 0.25) is 11.5 Å². The number of ether oxygens (including phenoxy) is 1. The first kappa shape index (κ1) is 31.6. The molecule has 0 aliphatic carbocycles. The molecule has 1 atom stereocenters. The summed E-state index contributed by atoms with van der Waals surface area (Å²) >= 11 is 1.18. The van der Waals surface area contributed by atoms with Crippen LogP contribution in [0.1, 0.15) is 28.5 Å². The summed E-state index contributed by atoms with van der Waals surface area (Å²) in [5.41, 5.74) is 1.11. The van der Waals surface area contributed by atoms with Crippen molar-refractivity contribution in [2.45, 2.75) is 25.1 Å². The van der Waals surface area contributed by atoms with E-state index in [1.165, 1.54) is 41.7 Å². The molecule has 228 valence electrons. The summed E-state index contributed by atoms with van der Waals surface area (Å²) in [5, 5.41) is 25.6. The number of carbonyl (C=O) groups excluding carboxylic acids is 2. The molecule has 10 nitrogen and oxygen atoms in total. The number of primary amides is 1. The Bertz CT molecular complexity index is 1630. The fourth-order valence-corrected chi connectivity index (χ4v) is 5.11. The smallest absolute Gasteiger partial charge is 0.424 e. The van der Waals surface area contributed by atoms with Crippen LogP contribution in [0.2, 0.25) is 0 Å². The lowest BCUT2D eigenvalue weighted by Gasteiger charge is -2.31. The lowest BCUT2D eigenvalue weighted by molar-refractivity contribution is -0.265. The Morgan fingerprint density at radius 3 is 2.44 bits per heavy atom. The molecule has 15 heteroatoms. The fraction of sp³-hybridized carbons (Fsp3) is 0.286. The molecule has 0 saturated heterocycles. The first-order valence-electron chi connectivity index (χ1n) is 12.9. The van der Waals surface area contributed by atoms with Gasteiger partial charge < -0.3 is 31.3 Å². The van der Waals surface area contributed by atoms with Crippen molar-refractivity contribution in [3.05, 3.63) is 71.2 Å². The lowest BCUT2D eigenvalue weighted by atomic mass is 9.93. The number of hydrogen-bond acceptors (Lipinski definition) is 9. The fourth-order valence-electron chi connectivity index (χ4n) is 4.18. The van der Waals surface area contributed by atoms with Crippen LogP contribution in [-0.4, -0.2) is 64.5 Å². The van der Waals surface area contributed by atoms with Crippen molar-refractivity contribution in [3.8, 4) is 17.0 Å². The zero-order valence-electron chi connectivity index (χ0n) is 22.7. The molecular formula is C28H27F4N5O5S. The molecule has 0 spiro atoms. The number of rotatable bonds is 12. The predicted octanol–water partition coefficient (Wildman–Crippen LogP) is 3.51. The number of aliphatic hydroxyl groups excluding tert-OH is 1. The molecule has 2 aromatic heterocycles. The van der Waals surface area contributed by atoms with Gasteiger partial charge in [-0.05, 0) is 55.5 Å². The molecule has 0 fully saturated rings. The van der Waals surface area contributed by atoms with Crippen LogP contribution in [0.15, 0.2) is 48.5 Å². The first-order chi connectivity index (χ1) is 20.4. The van der Waals surface area contributed by atoms with Crippen LogP contribution in [0.4, 0.5) is 22.7 Å². The molecule has 6 N–H and O–H groups in total. The number of alkyl halides is 3. The number of nitrogens with one attached hydrogen (secondary N) is 2. The Labute approximate surface area is 246 Å². The molecule has 0 saturated carbocycles. The average molecular weight is 622 g/mol. The molecule has 0 aliphatic heterocycles. The first-order valence-corrected chi connectivity index (χ1v) is 13.7. The normalized spacial score (nSPS) is 13.0. The van der Waals surface area contributed by atoms with Crippen LogP contribution in [0.25, 0.3) is 21.5 Å². The second kappa shape index (κ2) is 12.9. The van der Waals surface area contributed by atoms with Gasteiger partial charge in [-0.2, -0.15) is 13.2 Å². The number of pyridine rings is 1. The van der Waals surface area contributed by atoms with Gasteiger partial charge in [-0.3, -0.25) is 9.59 Å². The van der Waals surface area contributed by atoms with Gasteiger partial charge >= 0.3 is 6.18 Å². The van der Waals surface area contributed by atoms with Crippen molar-refractivity contribution in [2.24, 2.45) is 5.73 Å². The number of nitrogens with zero attached hydrogens (tertiary/aromatic N) is 2. The molecular weight excluding hydrogens is 594 g/mol. The topological polar surface area (TPSA) is 160 Å². The molecule has 0 aliphatic rings. The monoisotopic (exact) mass is 621 g/mol. The van der Waals surface area contributed by atoms with E-state index in [1.54, 1.807) is 6.92 Å². The molecule has 4 aromatic rings. The quantitative estimate of drug-likeness (QED) is 0.150. The minimum Gasteiger partial charge on any atom is -0.491 e. The number of aliphatic hydroxyl groups is 2. The summed E-state index contributed by atoms with van der Waals surface area (Å²) in [6.07, 6.45) is -5.90. The Morgan fingerprint density at radius 1 is 1.09 bits per heavy atom. The number of anilines is 1. The van der Waals surface area contributed by atoms with Gasteiger partial charge in [-0.1, -0.05) is 11.3 Å². The lowest BCUT2D eigenvalue weighted by Crippen LogP contribution is -2.51. The van der Waals surface area contributed by atoms with E-state index in [4.69, 9.17) is 15.6 Å². The van der Waals surface area contributed by atoms with Crippen molar-refractivity contribution in [1.29, 1.82) is 0 Å². The van der Waals surface area contributed by atoms with Crippen LogP contribution in [0, 0.1) is 5.82 Å². The van der Waals surface area contributed by atoms with Gasteiger partial charge in [-0.25, -0.2) is 14.4 Å². The van der Waals surface area contributed by atoms with Gasteiger partial charge in [0.05, 0.1) is 42.1 Å². The third kappa shape index (κ3) is 7.01. The number of amides is 2. The molecule has 0 unspecified atom stereocenters. The van der Waals surface area contributed by atoms with Gasteiger partial charge in [-0.15, -0.1) is 0 Å². The van der Waals surface area contributed by atoms with Crippen LogP contribution in [-0.2, 0) is 16.8 Å². The zero-order chi connectivity index (χ0) is 31.4. The SMILES string of the molecule is CCOc1c(CC(N)=O)cc([C@@](O)(CNC(=O)c2ccc3nc(NCCO)sc3c2)C(F)(F)F)nc1-c1ccc(F)cc1.